The quantitative estimate of drug-likeness (QED) is 0.899. The zero-order valence-corrected chi connectivity index (χ0v) is 11.1. The van der Waals surface area contributed by atoms with E-state index >= 15 is 0 Å². The van der Waals surface area contributed by atoms with Crippen molar-refractivity contribution in [3.63, 3.8) is 0 Å². The molecule has 2 rings (SSSR count). The molecule has 20 heavy (non-hydrogen) atoms. The second-order valence-electron chi connectivity index (χ2n) is 4.62. The summed E-state index contributed by atoms with van der Waals surface area (Å²) in [7, 11) is 0. The van der Waals surface area contributed by atoms with Gasteiger partial charge in [-0.05, 0) is 24.6 Å². The number of hydrogen-bond donors (Lipinski definition) is 2. The van der Waals surface area contributed by atoms with Gasteiger partial charge in [0, 0.05) is 6.54 Å². The van der Waals surface area contributed by atoms with E-state index in [9.17, 15) is 14.3 Å². The van der Waals surface area contributed by atoms with Gasteiger partial charge in [0.25, 0.3) is 5.91 Å². The third kappa shape index (κ3) is 3.42. The molecule has 0 spiro atoms. The molecule has 1 unspecified atom stereocenters. The fourth-order valence-corrected chi connectivity index (χ4v) is 1.89. The third-order valence-corrected chi connectivity index (χ3v) is 3.01. The van der Waals surface area contributed by atoms with Gasteiger partial charge < -0.3 is 10.4 Å². The van der Waals surface area contributed by atoms with Crippen LogP contribution >= 0.6 is 0 Å². The van der Waals surface area contributed by atoms with Crippen molar-refractivity contribution in [2.45, 2.75) is 13.0 Å². The van der Waals surface area contributed by atoms with E-state index in [-0.39, 0.29) is 12.1 Å². The molecule has 1 atom stereocenters. The molecule has 3 nitrogen and oxygen atoms in total. The Morgan fingerprint density at radius 2 is 1.95 bits per heavy atom. The molecule has 0 aliphatic carbocycles. The summed E-state index contributed by atoms with van der Waals surface area (Å²) in [4.78, 5) is 11.9. The molecule has 0 aliphatic heterocycles. The predicted molar refractivity (Wildman–Crippen MR) is 74.9 cm³/mol. The number of amides is 1. The molecule has 104 valence electrons. The number of benzene rings is 2. The van der Waals surface area contributed by atoms with E-state index < -0.39 is 17.8 Å². The van der Waals surface area contributed by atoms with Crippen LogP contribution in [0.1, 0.15) is 27.6 Å². The number of carbonyl (C=O) groups excluding carboxylic acids is 1. The lowest BCUT2D eigenvalue weighted by atomic mass is 10.1. The highest BCUT2D eigenvalue weighted by Gasteiger charge is 2.14. The third-order valence-electron chi connectivity index (χ3n) is 3.01. The predicted octanol–water partition coefficient (Wildman–Crippen LogP) is 2.60. The summed E-state index contributed by atoms with van der Waals surface area (Å²) in [6, 6.07) is 13.3. The molecule has 0 radical (unpaired) electrons. The van der Waals surface area contributed by atoms with Crippen molar-refractivity contribution in [2.75, 3.05) is 6.54 Å². The van der Waals surface area contributed by atoms with E-state index in [0.717, 1.165) is 5.56 Å². The van der Waals surface area contributed by atoms with Gasteiger partial charge in [-0.25, -0.2) is 4.39 Å². The van der Waals surface area contributed by atoms with Gasteiger partial charge in [0.2, 0.25) is 0 Å². The van der Waals surface area contributed by atoms with Crippen molar-refractivity contribution < 1.29 is 14.3 Å². The van der Waals surface area contributed by atoms with Crippen molar-refractivity contribution in [3.8, 4) is 0 Å². The first kappa shape index (κ1) is 14.2. The highest BCUT2D eigenvalue weighted by Crippen LogP contribution is 2.12. The maximum atomic E-state index is 13.5. The number of aryl methyl sites for hydroxylation is 1. The number of aliphatic hydroxyl groups is 1. The average Bonchev–Trinajstić information content (AvgIpc) is 2.47. The maximum absolute atomic E-state index is 13.5. The minimum Gasteiger partial charge on any atom is -0.387 e. The summed E-state index contributed by atoms with van der Waals surface area (Å²) in [6.45, 7) is 1.82. The molecule has 0 saturated carbocycles. The van der Waals surface area contributed by atoms with E-state index in [1.54, 1.807) is 37.3 Å². The topological polar surface area (TPSA) is 49.3 Å². The molecule has 4 heteroatoms. The van der Waals surface area contributed by atoms with Crippen molar-refractivity contribution in [2.24, 2.45) is 0 Å². The fraction of sp³-hybridized carbons (Fsp3) is 0.188. The lowest BCUT2D eigenvalue weighted by Gasteiger charge is -2.12. The van der Waals surface area contributed by atoms with Crippen molar-refractivity contribution >= 4 is 5.91 Å². The zero-order chi connectivity index (χ0) is 14.5. The Kier molecular flexibility index (Phi) is 4.48. The Hall–Kier alpha value is -2.20. The molecule has 0 heterocycles. The van der Waals surface area contributed by atoms with Crippen LogP contribution in [-0.2, 0) is 0 Å². The minimum absolute atomic E-state index is 0.00902. The van der Waals surface area contributed by atoms with E-state index in [2.05, 4.69) is 5.32 Å². The monoisotopic (exact) mass is 273 g/mol. The Balaban J connectivity index is 2.00. The fourth-order valence-electron chi connectivity index (χ4n) is 1.89. The Labute approximate surface area is 117 Å². The summed E-state index contributed by atoms with van der Waals surface area (Å²) in [5, 5.41) is 12.5. The first-order valence-electron chi connectivity index (χ1n) is 6.35. The van der Waals surface area contributed by atoms with E-state index in [4.69, 9.17) is 0 Å². The first-order valence-corrected chi connectivity index (χ1v) is 6.35. The number of halogens is 1. The summed E-state index contributed by atoms with van der Waals surface area (Å²) < 4.78 is 13.5. The van der Waals surface area contributed by atoms with Crippen molar-refractivity contribution in [1.29, 1.82) is 0 Å². The Bertz CT molecular complexity index is 599. The van der Waals surface area contributed by atoms with Gasteiger partial charge in [-0.15, -0.1) is 0 Å². The minimum atomic E-state index is -0.812. The summed E-state index contributed by atoms with van der Waals surface area (Å²) in [5.74, 6) is -1.09. The maximum Gasteiger partial charge on any atom is 0.254 e. The van der Waals surface area contributed by atoms with Crippen LogP contribution < -0.4 is 5.32 Å². The summed E-state index contributed by atoms with van der Waals surface area (Å²) in [6.07, 6.45) is -0.812. The summed E-state index contributed by atoms with van der Waals surface area (Å²) in [5.41, 5.74) is 1.50. The molecular formula is C16H16FNO2. The number of hydrogen-bond acceptors (Lipinski definition) is 2. The normalized spacial score (nSPS) is 11.9. The van der Waals surface area contributed by atoms with Crippen molar-refractivity contribution in [3.05, 3.63) is 71.0 Å². The number of nitrogens with one attached hydrogen (secondary N) is 1. The first-order chi connectivity index (χ1) is 9.58. The van der Waals surface area contributed by atoms with Crippen LogP contribution in [0.25, 0.3) is 0 Å². The molecule has 2 aromatic rings. The van der Waals surface area contributed by atoms with Gasteiger partial charge in [0.1, 0.15) is 5.82 Å². The highest BCUT2D eigenvalue weighted by molar-refractivity contribution is 5.94. The van der Waals surface area contributed by atoms with E-state index in [1.807, 2.05) is 6.07 Å². The van der Waals surface area contributed by atoms with Gasteiger partial charge in [-0.1, -0.05) is 42.0 Å². The van der Waals surface area contributed by atoms with Gasteiger partial charge in [0.05, 0.1) is 11.7 Å². The van der Waals surface area contributed by atoms with E-state index in [0.29, 0.717) is 5.56 Å². The highest BCUT2D eigenvalue weighted by atomic mass is 19.1. The van der Waals surface area contributed by atoms with Gasteiger partial charge in [-0.3, -0.25) is 4.79 Å². The molecule has 2 N–H and O–H groups in total. The van der Waals surface area contributed by atoms with Crippen LogP contribution in [-0.4, -0.2) is 17.6 Å². The molecule has 0 fully saturated rings. The molecule has 0 bridgehead atoms. The second-order valence-corrected chi connectivity index (χ2v) is 4.62. The standard InChI is InChI=1S/C16H16FNO2/c1-11-7-8-14(17)13(9-11)16(20)18-10-15(19)12-5-3-2-4-6-12/h2-9,15,19H,10H2,1H3,(H,18,20). The number of carbonyl (C=O) groups is 1. The largest absolute Gasteiger partial charge is 0.387 e. The van der Waals surface area contributed by atoms with Crippen LogP contribution in [0.15, 0.2) is 48.5 Å². The Morgan fingerprint density at radius 1 is 1.25 bits per heavy atom. The Morgan fingerprint density at radius 3 is 2.65 bits per heavy atom. The zero-order valence-electron chi connectivity index (χ0n) is 11.1. The molecule has 2 aromatic carbocycles. The molecule has 0 aliphatic rings. The van der Waals surface area contributed by atoms with Gasteiger partial charge in [0.15, 0.2) is 0 Å². The van der Waals surface area contributed by atoms with Crippen LogP contribution in [0, 0.1) is 12.7 Å². The van der Waals surface area contributed by atoms with Crippen LogP contribution in [0.3, 0.4) is 0 Å². The van der Waals surface area contributed by atoms with Crippen LogP contribution in [0.5, 0.6) is 0 Å². The van der Waals surface area contributed by atoms with Crippen molar-refractivity contribution in [1.82, 2.24) is 5.32 Å². The second kappa shape index (κ2) is 6.30. The SMILES string of the molecule is Cc1ccc(F)c(C(=O)NCC(O)c2ccccc2)c1. The lowest BCUT2D eigenvalue weighted by molar-refractivity contribution is 0.0912. The molecular weight excluding hydrogens is 257 g/mol. The smallest absolute Gasteiger partial charge is 0.254 e. The van der Waals surface area contributed by atoms with Crippen LogP contribution in [0.2, 0.25) is 0 Å². The van der Waals surface area contributed by atoms with Gasteiger partial charge in [-0.2, -0.15) is 0 Å². The average molecular weight is 273 g/mol. The van der Waals surface area contributed by atoms with Crippen LogP contribution in [0.4, 0.5) is 4.39 Å². The molecule has 0 aromatic heterocycles. The summed E-state index contributed by atoms with van der Waals surface area (Å²) >= 11 is 0. The van der Waals surface area contributed by atoms with Gasteiger partial charge >= 0.3 is 0 Å². The number of aliphatic hydroxyl groups excluding tert-OH is 1. The van der Waals surface area contributed by atoms with E-state index in [1.165, 1.54) is 12.1 Å². The number of rotatable bonds is 4. The molecule has 1 amide bonds. The lowest BCUT2D eigenvalue weighted by Crippen LogP contribution is -2.29. The molecule has 0 saturated heterocycles.